The standard InChI is InChI=1S/CH4N2O5P2/c4-2-9(6)1-10(7,8)3-5/h9H,1H2,(H,7,8). The molecule has 0 heterocycles. The molecule has 10 heavy (non-hydrogen) atoms. The van der Waals surface area contributed by atoms with Crippen LogP contribution in [-0.4, -0.2) is 10.8 Å². The molecule has 0 spiro atoms. The Balaban J connectivity index is 4.14. The molecule has 1 N–H and O–H groups in total. The summed E-state index contributed by atoms with van der Waals surface area (Å²) in [5.74, 6) is -0.926. The molecule has 7 nitrogen and oxygen atoms in total. The van der Waals surface area contributed by atoms with Crippen molar-refractivity contribution in [2.75, 3.05) is 5.90 Å². The average Bonchev–Trinajstić information content (AvgIpc) is 1.87. The van der Waals surface area contributed by atoms with E-state index in [1.165, 1.54) is 0 Å². The van der Waals surface area contributed by atoms with Crippen molar-refractivity contribution in [3.05, 3.63) is 9.81 Å². The van der Waals surface area contributed by atoms with Crippen LogP contribution < -0.4 is 0 Å². The van der Waals surface area contributed by atoms with Crippen LogP contribution in [0.2, 0.25) is 0 Å². The van der Waals surface area contributed by atoms with Gasteiger partial charge in [-0.1, -0.05) is 0 Å². The van der Waals surface area contributed by atoms with Crippen LogP contribution >= 0.6 is 15.5 Å². The zero-order valence-electron chi connectivity index (χ0n) is 4.63. The molecule has 58 valence electrons. The van der Waals surface area contributed by atoms with Gasteiger partial charge < -0.3 is 4.89 Å². The molecule has 0 amide bonds. The van der Waals surface area contributed by atoms with Gasteiger partial charge in [0.15, 0.2) is 0 Å². The highest BCUT2D eigenvalue weighted by Crippen LogP contribution is 2.50. The summed E-state index contributed by atoms with van der Waals surface area (Å²) in [6.45, 7) is 0. The van der Waals surface area contributed by atoms with Crippen LogP contribution in [0, 0.1) is 9.81 Å². The fourth-order valence-electron chi connectivity index (χ4n) is 0.234. The van der Waals surface area contributed by atoms with Crippen LogP contribution in [0.1, 0.15) is 0 Å². The van der Waals surface area contributed by atoms with Gasteiger partial charge in [-0.05, 0) is 4.95 Å². The van der Waals surface area contributed by atoms with E-state index in [0.717, 1.165) is 0 Å². The van der Waals surface area contributed by atoms with Crippen molar-refractivity contribution in [2.45, 2.75) is 0 Å². The van der Waals surface area contributed by atoms with Gasteiger partial charge in [0.25, 0.3) is 0 Å². The van der Waals surface area contributed by atoms with Crippen molar-refractivity contribution in [2.24, 2.45) is 9.89 Å². The first-order chi connectivity index (χ1) is 4.52. The second kappa shape index (κ2) is 3.71. The summed E-state index contributed by atoms with van der Waals surface area (Å²) in [7, 11) is -7.22. The Kier molecular flexibility index (Phi) is 3.57. The first-order valence-corrected chi connectivity index (χ1v) is 5.41. The van der Waals surface area contributed by atoms with Gasteiger partial charge in [0.1, 0.15) is 5.90 Å². The van der Waals surface area contributed by atoms with Gasteiger partial charge in [-0.3, -0.25) is 9.13 Å². The molecule has 0 fully saturated rings. The van der Waals surface area contributed by atoms with Crippen molar-refractivity contribution in [1.82, 2.24) is 0 Å². The van der Waals surface area contributed by atoms with E-state index in [-0.39, 0.29) is 0 Å². The zero-order chi connectivity index (χ0) is 8.20. The number of nitrogens with zero attached hydrogens (tertiary/aromatic N) is 2. The number of hydrogen-bond donors (Lipinski definition) is 1. The summed E-state index contributed by atoms with van der Waals surface area (Å²) in [6, 6.07) is 0. The predicted octanol–water partition coefficient (Wildman–Crippen LogP) is 1.14. The maximum atomic E-state index is 10.3. The van der Waals surface area contributed by atoms with E-state index in [9.17, 15) is 18.9 Å². The van der Waals surface area contributed by atoms with Crippen LogP contribution in [-0.2, 0) is 9.13 Å². The Hall–Kier alpha value is -0.380. The highest BCUT2D eigenvalue weighted by molar-refractivity contribution is 7.68. The zero-order valence-corrected chi connectivity index (χ0v) is 6.52. The third-order valence-electron chi connectivity index (χ3n) is 0.571. The van der Waals surface area contributed by atoms with Gasteiger partial charge in [0, 0.05) is 4.95 Å². The Morgan fingerprint density at radius 3 is 2.30 bits per heavy atom. The van der Waals surface area contributed by atoms with E-state index in [4.69, 9.17) is 4.89 Å². The fourth-order valence-corrected chi connectivity index (χ4v) is 2.11. The van der Waals surface area contributed by atoms with Crippen LogP contribution in [0.3, 0.4) is 0 Å². The van der Waals surface area contributed by atoms with Crippen molar-refractivity contribution >= 4 is 15.5 Å². The topological polar surface area (TPSA) is 113 Å². The molecule has 0 saturated carbocycles. The average molecular weight is 186 g/mol. The Morgan fingerprint density at radius 1 is 1.50 bits per heavy atom. The van der Waals surface area contributed by atoms with E-state index >= 15 is 0 Å². The number of nitroso groups, excluding NO2 is 2. The highest BCUT2D eigenvalue weighted by atomic mass is 31.2. The summed E-state index contributed by atoms with van der Waals surface area (Å²) < 4.78 is 20.4. The lowest BCUT2D eigenvalue weighted by atomic mass is 11.9. The predicted molar refractivity (Wildman–Crippen MR) is 35.3 cm³/mol. The van der Waals surface area contributed by atoms with E-state index in [2.05, 4.69) is 0 Å². The molecular formula is CH4N2O5P2. The second-order valence-corrected chi connectivity index (χ2v) is 5.12. The summed E-state index contributed by atoms with van der Waals surface area (Å²) in [5.41, 5.74) is 0. The molecule has 0 aliphatic carbocycles. The lowest BCUT2D eigenvalue weighted by molar-refractivity contribution is 0.484. The van der Waals surface area contributed by atoms with Gasteiger partial charge >= 0.3 is 7.52 Å². The monoisotopic (exact) mass is 186 g/mol. The first kappa shape index (κ1) is 9.62. The van der Waals surface area contributed by atoms with Crippen LogP contribution in [0.15, 0.2) is 9.89 Å². The lowest BCUT2D eigenvalue weighted by Gasteiger charge is -1.94. The van der Waals surface area contributed by atoms with Crippen molar-refractivity contribution in [1.29, 1.82) is 0 Å². The van der Waals surface area contributed by atoms with Crippen molar-refractivity contribution < 1.29 is 14.0 Å². The van der Waals surface area contributed by atoms with E-state index in [0.29, 0.717) is 0 Å². The normalized spacial score (nSPS) is 18.9. The van der Waals surface area contributed by atoms with E-state index in [1.807, 2.05) is 4.95 Å². The molecule has 0 radical (unpaired) electrons. The van der Waals surface area contributed by atoms with Crippen LogP contribution in [0.25, 0.3) is 0 Å². The molecule has 2 unspecified atom stereocenters. The summed E-state index contributed by atoms with van der Waals surface area (Å²) in [5, 5.41) is 0. The lowest BCUT2D eigenvalue weighted by Crippen LogP contribution is -1.76. The second-order valence-electron chi connectivity index (χ2n) is 1.39. The van der Waals surface area contributed by atoms with Gasteiger partial charge in [-0.2, -0.15) is 0 Å². The van der Waals surface area contributed by atoms with Crippen molar-refractivity contribution in [3.8, 4) is 0 Å². The molecule has 0 aromatic rings. The largest absolute Gasteiger partial charge is 0.358 e. The quantitative estimate of drug-likeness (QED) is 0.522. The maximum Gasteiger partial charge on any atom is 0.358 e. The Morgan fingerprint density at radius 2 is 2.00 bits per heavy atom. The van der Waals surface area contributed by atoms with Gasteiger partial charge in [0.2, 0.25) is 7.95 Å². The molecule has 0 aromatic carbocycles. The first-order valence-electron chi connectivity index (χ1n) is 2.05. The smallest absolute Gasteiger partial charge is 0.326 e. The number of hydrogen-bond acceptors (Lipinski definition) is 4. The molecule has 2 atom stereocenters. The maximum absolute atomic E-state index is 10.3. The molecule has 0 aliphatic rings. The Bertz CT molecular complexity index is 212. The molecule has 0 saturated heterocycles. The van der Waals surface area contributed by atoms with E-state index < -0.39 is 21.4 Å². The Labute approximate surface area is 56.1 Å². The minimum Gasteiger partial charge on any atom is -0.326 e. The van der Waals surface area contributed by atoms with Crippen molar-refractivity contribution in [3.63, 3.8) is 0 Å². The SMILES string of the molecule is O=N[PH](=O)CP(=O)(O)N=O. The summed E-state index contributed by atoms with van der Waals surface area (Å²) >= 11 is 0. The summed E-state index contributed by atoms with van der Waals surface area (Å²) in [6.07, 6.45) is 0. The van der Waals surface area contributed by atoms with Gasteiger partial charge in [0.05, 0.1) is 0 Å². The van der Waals surface area contributed by atoms with Gasteiger partial charge in [-0.25, -0.2) is 0 Å². The minimum atomic E-state index is -4.24. The molecule has 0 aromatic heterocycles. The highest BCUT2D eigenvalue weighted by Gasteiger charge is 2.22. The van der Waals surface area contributed by atoms with Gasteiger partial charge in [-0.15, -0.1) is 9.81 Å². The molecule has 0 rings (SSSR count). The minimum absolute atomic E-state index is 0.926. The number of rotatable bonds is 4. The summed E-state index contributed by atoms with van der Waals surface area (Å²) in [4.78, 5) is 31.0. The van der Waals surface area contributed by atoms with Crippen LogP contribution in [0.4, 0.5) is 0 Å². The van der Waals surface area contributed by atoms with E-state index in [1.54, 1.807) is 4.95 Å². The third kappa shape index (κ3) is 3.61. The van der Waals surface area contributed by atoms with Crippen LogP contribution in [0.5, 0.6) is 0 Å². The molecular weight excluding hydrogens is 182 g/mol. The molecule has 0 aliphatic heterocycles. The fraction of sp³-hybridized carbons (Fsp3) is 1.00. The molecule has 0 bridgehead atoms. The molecule has 9 heteroatoms. The third-order valence-corrected chi connectivity index (χ3v) is 3.76.